The van der Waals surface area contributed by atoms with E-state index in [1.165, 1.54) is 54.8 Å². The fourth-order valence-electron chi connectivity index (χ4n) is 10.2. The van der Waals surface area contributed by atoms with E-state index in [0.717, 1.165) is 66.9 Å². The minimum absolute atomic E-state index is 0.889. The fourth-order valence-corrected chi connectivity index (χ4v) is 10.2. The molecule has 314 valence electrons. The Hall–Kier alpha value is -8.92. The summed E-state index contributed by atoms with van der Waals surface area (Å²) in [5.74, 6) is 0. The van der Waals surface area contributed by atoms with Gasteiger partial charge >= 0.3 is 0 Å². The van der Waals surface area contributed by atoms with Crippen LogP contribution in [0.4, 0.5) is 17.1 Å². The van der Waals surface area contributed by atoms with E-state index in [4.69, 9.17) is 4.42 Å². The van der Waals surface area contributed by atoms with Crippen LogP contribution in [0.15, 0.2) is 259 Å². The Morgan fingerprint density at radius 2 is 0.806 bits per heavy atom. The van der Waals surface area contributed by atoms with Crippen LogP contribution in [0.3, 0.4) is 0 Å². The topological polar surface area (TPSA) is 21.3 Å². The highest BCUT2D eigenvalue weighted by molar-refractivity contribution is 6.13. The molecular formula is C64H42N2O. The molecule has 3 nitrogen and oxygen atoms in total. The summed E-state index contributed by atoms with van der Waals surface area (Å²) in [5, 5.41) is 7.25. The van der Waals surface area contributed by atoms with Crippen LogP contribution in [0.25, 0.3) is 105 Å². The van der Waals surface area contributed by atoms with E-state index in [2.05, 4.69) is 252 Å². The van der Waals surface area contributed by atoms with Gasteiger partial charge in [-0.1, -0.05) is 170 Å². The van der Waals surface area contributed by atoms with Gasteiger partial charge in [0.2, 0.25) is 0 Å². The lowest BCUT2D eigenvalue weighted by Crippen LogP contribution is -2.10. The molecule has 67 heavy (non-hydrogen) atoms. The molecule has 0 saturated heterocycles. The maximum atomic E-state index is 6.33. The average molecular weight is 855 g/mol. The fraction of sp³-hybridized carbons (Fsp3) is 0. The molecule has 0 N–H and O–H groups in total. The molecule has 0 aliphatic carbocycles. The second-order valence-electron chi connectivity index (χ2n) is 17.3. The van der Waals surface area contributed by atoms with Crippen molar-refractivity contribution in [3.8, 4) is 50.2 Å². The molecule has 2 heterocycles. The minimum atomic E-state index is 0.889. The summed E-state index contributed by atoms with van der Waals surface area (Å²) in [4.78, 5) is 2.38. The minimum Gasteiger partial charge on any atom is -0.456 e. The molecule has 0 aliphatic heterocycles. The first-order valence-electron chi connectivity index (χ1n) is 22.9. The van der Waals surface area contributed by atoms with Crippen molar-refractivity contribution in [2.24, 2.45) is 0 Å². The average Bonchev–Trinajstić information content (AvgIpc) is 3.95. The lowest BCUT2D eigenvalue weighted by Gasteiger charge is -2.27. The Labute approximate surface area is 388 Å². The second-order valence-corrected chi connectivity index (χ2v) is 17.3. The standard InChI is InChI=1S/C64H42N2O/c1-2-14-46-40-50(30-29-43(46)13-1)49-17-10-19-54(41-49)65(55-20-11-18-51(42-55)56-24-12-28-63-64(56)59-23-5-8-27-62(59)67-63)52-35-31-44(32-36-52)47-15-9-16-48(39-47)45-33-37-53(38-34-45)66-60-25-6-3-21-57(60)58-22-4-7-26-61(58)66/h1-42H. The predicted octanol–water partition coefficient (Wildman–Crippen LogP) is 18.0. The van der Waals surface area contributed by atoms with E-state index in [9.17, 15) is 0 Å². The highest BCUT2D eigenvalue weighted by Crippen LogP contribution is 2.42. The van der Waals surface area contributed by atoms with Crippen molar-refractivity contribution in [1.29, 1.82) is 0 Å². The molecular weight excluding hydrogens is 813 g/mol. The molecule has 2 aromatic heterocycles. The van der Waals surface area contributed by atoms with Crippen molar-refractivity contribution < 1.29 is 4.42 Å². The lowest BCUT2D eigenvalue weighted by molar-refractivity contribution is 0.669. The molecule has 0 atom stereocenters. The van der Waals surface area contributed by atoms with E-state index >= 15 is 0 Å². The number of benzene rings is 11. The Morgan fingerprint density at radius 3 is 1.52 bits per heavy atom. The molecule has 11 aromatic carbocycles. The summed E-state index contributed by atoms with van der Waals surface area (Å²) in [5.41, 5.74) is 17.9. The maximum Gasteiger partial charge on any atom is 0.136 e. The van der Waals surface area contributed by atoms with Gasteiger partial charge in [0.15, 0.2) is 0 Å². The lowest BCUT2D eigenvalue weighted by atomic mass is 9.97. The van der Waals surface area contributed by atoms with Crippen LogP contribution < -0.4 is 4.90 Å². The number of nitrogens with zero attached hydrogens (tertiary/aromatic N) is 2. The summed E-state index contributed by atoms with van der Waals surface area (Å²) in [6.07, 6.45) is 0. The quantitative estimate of drug-likeness (QED) is 0.152. The van der Waals surface area contributed by atoms with Crippen molar-refractivity contribution in [3.05, 3.63) is 255 Å². The van der Waals surface area contributed by atoms with Crippen LogP contribution in [0.2, 0.25) is 0 Å². The van der Waals surface area contributed by atoms with Gasteiger partial charge in [-0.15, -0.1) is 0 Å². The summed E-state index contributed by atoms with van der Waals surface area (Å²) in [6, 6.07) is 92.0. The smallest absolute Gasteiger partial charge is 0.136 e. The molecule has 3 heteroatoms. The van der Waals surface area contributed by atoms with Gasteiger partial charge in [0.25, 0.3) is 0 Å². The van der Waals surface area contributed by atoms with Gasteiger partial charge in [-0.3, -0.25) is 0 Å². The second kappa shape index (κ2) is 16.0. The predicted molar refractivity (Wildman–Crippen MR) is 282 cm³/mol. The van der Waals surface area contributed by atoms with Crippen molar-refractivity contribution in [1.82, 2.24) is 4.57 Å². The number of hydrogen-bond acceptors (Lipinski definition) is 2. The van der Waals surface area contributed by atoms with Gasteiger partial charge in [-0.25, -0.2) is 0 Å². The van der Waals surface area contributed by atoms with Crippen molar-refractivity contribution in [2.75, 3.05) is 4.90 Å². The number of aromatic nitrogens is 1. The van der Waals surface area contributed by atoms with E-state index in [-0.39, 0.29) is 0 Å². The Morgan fingerprint density at radius 1 is 0.299 bits per heavy atom. The first-order valence-corrected chi connectivity index (χ1v) is 22.9. The van der Waals surface area contributed by atoms with Crippen LogP contribution in [0.1, 0.15) is 0 Å². The summed E-state index contributed by atoms with van der Waals surface area (Å²) in [6.45, 7) is 0. The number of hydrogen-bond donors (Lipinski definition) is 0. The number of furan rings is 1. The molecule has 0 amide bonds. The zero-order valence-electron chi connectivity index (χ0n) is 36.6. The SMILES string of the molecule is c1cc(-c2ccc(N(c3cccc(-c4ccc5ccccc5c4)c3)c3cccc(-c4cccc5oc6ccccc6c45)c3)cc2)cc(-c2ccc(-n3c4ccccc4c4ccccc43)cc2)c1. The maximum absolute atomic E-state index is 6.33. The highest BCUT2D eigenvalue weighted by Gasteiger charge is 2.18. The van der Waals surface area contributed by atoms with Gasteiger partial charge in [0.1, 0.15) is 11.2 Å². The normalized spacial score (nSPS) is 11.6. The van der Waals surface area contributed by atoms with Gasteiger partial charge < -0.3 is 13.9 Å². The van der Waals surface area contributed by atoms with Crippen molar-refractivity contribution in [2.45, 2.75) is 0 Å². The van der Waals surface area contributed by atoms with Gasteiger partial charge in [0, 0.05) is 44.3 Å². The molecule has 0 unspecified atom stereocenters. The Bertz CT molecular complexity index is 3930. The highest BCUT2D eigenvalue weighted by atomic mass is 16.3. The first-order chi connectivity index (χ1) is 33.2. The number of fused-ring (bicyclic) bond motifs is 7. The van der Waals surface area contributed by atoms with Gasteiger partial charge in [-0.05, 0) is 140 Å². The Kier molecular flexibility index (Phi) is 9.17. The third kappa shape index (κ3) is 6.76. The molecule has 13 aromatic rings. The molecule has 13 rings (SSSR count). The number of anilines is 3. The van der Waals surface area contributed by atoms with Crippen LogP contribution in [-0.4, -0.2) is 4.57 Å². The molecule has 0 spiro atoms. The third-order valence-corrected chi connectivity index (χ3v) is 13.4. The molecule has 0 aliphatic rings. The van der Waals surface area contributed by atoms with Crippen molar-refractivity contribution >= 4 is 71.6 Å². The molecule has 0 fully saturated rings. The van der Waals surface area contributed by atoms with Crippen LogP contribution in [0.5, 0.6) is 0 Å². The van der Waals surface area contributed by atoms with Gasteiger partial charge in [0.05, 0.1) is 11.0 Å². The van der Waals surface area contributed by atoms with E-state index < -0.39 is 0 Å². The first kappa shape index (κ1) is 38.5. The third-order valence-electron chi connectivity index (χ3n) is 13.4. The van der Waals surface area contributed by atoms with Crippen LogP contribution in [-0.2, 0) is 0 Å². The van der Waals surface area contributed by atoms with E-state index in [1.54, 1.807) is 0 Å². The van der Waals surface area contributed by atoms with E-state index in [1.807, 2.05) is 12.1 Å². The zero-order chi connectivity index (χ0) is 44.3. The molecule has 0 bridgehead atoms. The summed E-state index contributed by atoms with van der Waals surface area (Å²) >= 11 is 0. The zero-order valence-corrected chi connectivity index (χ0v) is 36.6. The molecule has 0 saturated carbocycles. The number of para-hydroxylation sites is 3. The summed E-state index contributed by atoms with van der Waals surface area (Å²) < 4.78 is 8.69. The largest absolute Gasteiger partial charge is 0.456 e. The van der Waals surface area contributed by atoms with Gasteiger partial charge in [-0.2, -0.15) is 0 Å². The number of rotatable bonds is 8. The molecule has 0 radical (unpaired) electrons. The van der Waals surface area contributed by atoms with Crippen LogP contribution >= 0.6 is 0 Å². The summed E-state index contributed by atoms with van der Waals surface area (Å²) in [7, 11) is 0. The van der Waals surface area contributed by atoms with E-state index in [0.29, 0.717) is 0 Å². The Balaban J connectivity index is 0.872. The monoisotopic (exact) mass is 854 g/mol. The van der Waals surface area contributed by atoms with Crippen molar-refractivity contribution in [3.63, 3.8) is 0 Å². The van der Waals surface area contributed by atoms with Crippen LogP contribution in [0, 0.1) is 0 Å².